The highest BCUT2D eigenvalue weighted by molar-refractivity contribution is 5.95. The van der Waals surface area contributed by atoms with E-state index in [9.17, 15) is 24.8 Å². The number of phenols is 1. The molecule has 140 valence electrons. The Hall–Kier alpha value is -3.30. The summed E-state index contributed by atoms with van der Waals surface area (Å²) in [6.45, 7) is 3.49. The molecule has 0 saturated heterocycles. The quantitative estimate of drug-likeness (QED) is 0.397. The number of hydrogen-bond donors (Lipinski definition) is 3. The molecule has 3 N–H and O–H groups in total. The van der Waals surface area contributed by atoms with Gasteiger partial charge >= 0.3 is 12.0 Å². The Morgan fingerprint density at radius 1 is 1.42 bits per heavy atom. The average Bonchev–Trinajstić information content (AvgIpc) is 2.58. The van der Waals surface area contributed by atoms with Crippen LogP contribution in [-0.2, 0) is 9.53 Å². The molecular weight excluding hydrogens is 346 g/mol. The second-order valence-corrected chi connectivity index (χ2v) is 5.55. The molecule has 10 nitrogen and oxygen atoms in total. The molecule has 10 heteroatoms. The van der Waals surface area contributed by atoms with Crippen LogP contribution in [0.4, 0.5) is 10.5 Å². The van der Waals surface area contributed by atoms with Gasteiger partial charge in [0.15, 0.2) is 11.5 Å². The summed E-state index contributed by atoms with van der Waals surface area (Å²) in [5, 5.41) is 26.5. The van der Waals surface area contributed by atoms with E-state index < -0.39 is 28.7 Å². The normalized spacial score (nSPS) is 16.6. The number of carbonyl (C=O) groups is 2. The molecule has 1 aromatic carbocycles. The highest BCUT2D eigenvalue weighted by Gasteiger charge is 2.35. The van der Waals surface area contributed by atoms with Crippen molar-refractivity contribution in [3.63, 3.8) is 0 Å². The van der Waals surface area contributed by atoms with Crippen LogP contribution in [0, 0.1) is 10.1 Å². The monoisotopic (exact) mass is 365 g/mol. The Bertz CT molecular complexity index is 788. The van der Waals surface area contributed by atoms with Gasteiger partial charge in [0.2, 0.25) is 0 Å². The molecule has 26 heavy (non-hydrogen) atoms. The van der Waals surface area contributed by atoms with Gasteiger partial charge in [-0.25, -0.2) is 9.59 Å². The first kappa shape index (κ1) is 19.0. The third kappa shape index (κ3) is 3.68. The van der Waals surface area contributed by atoms with Gasteiger partial charge in [0.1, 0.15) is 0 Å². The number of phenolic OH excluding ortho intramolecular Hbond substituents is 1. The Morgan fingerprint density at radius 2 is 2.12 bits per heavy atom. The van der Waals surface area contributed by atoms with Gasteiger partial charge in [-0.2, -0.15) is 0 Å². The van der Waals surface area contributed by atoms with Gasteiger partial charge in [-0.05, 0) is 13.3 Å². The Morgan fingerprint density at radius 3 is 2.69 bits per heavy atom. The second-order valence-electron chi connectivity index (χ2n) is 5.55. The number of urea groups is 1. The van der Waals surface area contributed by atoms with Crippen molar-refractivity contribution < 1.29 is 29.1 Å². The van der Waals surface area contributed by atoms with Crippen molar-refractivity contribution in [3.8, 4) is 11.5 Å². The lowest BCUT2D eigenvalue weighted by atomic mass is 9.94. The van der Waals surface area contributed by atoms with Crippen LogP contribution in [0.5, 0.6) is 11.5 Å². The van der Waals surface area contributed by atoms with Crippen LogP contribution in [0.3, 0.4) is 0 Å². The standard InChI is InChI=1S/C16H19N3O7/c1-4-5-26-15(21)12-8(2)17-16(22)18-13(12)10-6-9(19(23)24)7-11(25-3)14(10)20/h6-7,13,20H,4-5H2,1-3H3,(H2,17,18,22). The summed E-state index contributed by atoms with van der Waals surface area (Å²) >= 11 is 0. The molecule has 1 heterocycles. The number of allylic oxidation sites excluding steroid dienone is 1. The Balaban J connectivity index is 2.61. The number of nitro groups is 1. The maximum Gasteiger partial charge on any atom is 0.338 e. The summed E-state index contributed by atoms with van der Waals surface area (Å²) in [5.74, 6) is -1.27. The summed E-state index contributed by atoms with van der Waals surface area (Å²) in [6.07, 6.45) is 0.596. The van der Waals surface area contributed by atoms with Crippen LogP contribution in [0.2, 0.25) is 0 Å². The van der Waals surface area contributed by atoms with Crippen molar-refractivity contribution in [1.82, 2.24) is 10.6 Å². The molecule has 0 saturated carbocycles. The maximum atomic E-state index is 12.4. The van der Waals surface area contributed by atoms with E-state index in [-0.39, 0.29) is 34.9 Å². The zero-order valence-corrected chi connectivity index (χ0v) is 14.5. The number of rotatable bonds is 6. The van der Waals surface area contributed by atoms with Crippen LogP contribution in [0.1, 0.15) is 31.9 Å². The third-order valence-corrected chi connectivity index (χ3v) is 3.76. The minimum Gasteiger partial charge on any atom is -0.504 e. The topological polar surface area (TPSA) is 140 Å². The minimum atomic E-state index is -1.14. The lowest BCUT2D eigenvalue weighted by Gasteiger charge is -2.28. The molecule has 1 aromatic rings. The molecule has 1 aliphatic heterocycles. The lowest BCUT2D eigenvalue weighted by Crippen LogP contribution is -2.45. The number of nitrogens with one attached hydrogen (secondary N) is 2. The zero-order chi connectivity index (χ0) is 19.4. The predicted molar refractivity (Wildman–Crippen MR) is 89.7 cm³/mol. The van der Waals surface area contributed by atoms with Gasteiger partial charge in [-0.3, -0.25) is 10.1 Å². The molecule has 1 aliphatic rings. The van der Waals surface area contributed by atoms with Gasteiger partial charge < -0.3 is 25.2 Å². The molecule has 0 aromatic heterocycles. The molecule has 0 radical (unpaired) electrons. The van der Waals surface area contributed by atoms with E-state index in [4.69, 9.17) is 9.47 Å². The van der Waals surface area contributed by atoms with Crippen LogP contribution in [0.15, 0.2) is 23.4 Å². The van der Waals surface area contributed by atoms with Crippen molar-refractivity contribution in [2.24, 2.45) is 0 Å². The molecule has 0 aliphatic carbocycles. The number of benzene rings is 1. The average molecular weight is 365 g/mol. The molecule has 0 spiro atoms. The van der Waals surface area contributed by atoms with E-state index in [0.29, 0.717) is 6.42 Å². The first-order valence-electron chi connectivity index (χ1n) is 7.80. The molecular formula is C16H19N3O7. The lowest BCUT2D eigenvalue weighted by molar-refractivity contribution is -0.385. The number of methoxy groups -OCH3 is 1. The largest absolute Gasteiger partial charge is 0.504 e. The van der Waals surface area contributed by atoms with E-state index >= 15 is 0 Å². The smallest absolute Gasteiger partial charge is 0.338 e. The number of non-ortho nitro benzene ring substituents is 1. The summed E-state index contributed by atoms with van der Waals surface area (Å²) in [6, 6.07) is 0.369. The first-order chi connectivity index (χ1) is 12.3. The number of ether oxygens (including phenoxy) is 2. The fourth-order valence-electron chi connectivity index (χ4n) is 2.57. The van der Waals surface area contributed by atoms with Crippen LogP contribution < -0.4 is 15.4 Å². The van der Waals surface area contributed by atoms with Crippen molar-refractivity contribution >= 4 is 17.7 Å². The van der Waals surface area contributed by atoms with E-state index in [1.807, 2.05) is 6.92 Å². The van der Waals surface area contributed by atoms with Gasteiger partial charge in [0.05, 0.1) is 36.3 Å². The maximum absolute atomic E-state index is 12.4. The van der Waals surface area contributed by atoms with E-state index in [1.54, 1.807) is 0 Å². The number of nitro benzene ring substituents is 1. The van der Waals surface area contributed by atoms with E-state index in [0.717, 1.165) is 12.1 Å². The summed E-state index contributed by atoms with van der Waals surface area (Å²) in [7, 11) is 1.24. The molecule has 1 atom stereocenters. The predicted octanol–water partition coefficient (Wildman–Crippen LogP) is 1.89. The first-order valence-corrected chi connectivity index (χ1v) is 7.80. The number of aromatic hydroxyl groups is 1. The number of amides is 2. The number of nitrogens with zero attached hydrogens (tertiary/aromatic N) is 1. The Kier molecular flexibility index (Phi) is 5.65. The van der Waals surface area contributed by atoms with Gasteiger partial charge in [-0.1, -0.05) is 6.92 Å². The number of esters is 1. The number of carbonyl (C=O) groups excluding carboxylic acids is 2. The second kappa shape index (κ2) is 7.72. The number of hydrogen-bond acceptors (Lipinski definition) is 7. The highest BCUT2D eigenvalue weighted by atomic mass is 16.6. The van der Waals surface area contributed by atoms with Crippen molar-refractivity contribution in [3.05, 3.63) is 39.1 Å². The van der Waals surface area contributed by atoms with Crippen LogP contribution >= 0.6 is 0 Å². The van der Waals surface area contributed by atoms with Crippen molar-refractivity contribution in [2.75, 3.05) is 13.7 Å². The van der Waals surface area contributed by atoms with E-state index in [2.05, 4.69) is 10.6 Å². The third-order valence-electron chi connectivity index (χ3n) is 3.76. The van der Waals surface area contributed by atoms with Crippen molar-refractivity contribution in [1.29, 1.82) is 0 Å². The molecule has 2 rings (SSSR count). The molecule has 0 bridgehead atoms. The molecule has 0 fully saturated rings. The van der Waals surface area contributed by atoms with Gasteiger partial charge in [-0.15, -0.1) is 0 Å². The molecule has 2 amide bonds. The zero-order valence-electron chi connectivity index (χ0n) is 14.5. The summed E-state index contributed by atoms with van der Waals surface area (Å²) < 4.78 is 10.1. The van der Waals surface area contributed by atoms with Gasteiger partial charge in [0.25, 0.3) is 5.69 Å². The summed E-state index contributed by atoms with van der Waals surface area (Å²) in [5.41, 5.74) is -0.143. The summed E-state index contributed by atoms with van der Waals surface area (Å²) in [4.78, 5) is 34.8. The van der Waals surface area contributed by atoms with Gasteiger partial charge in [0, 0.05) is 17.3 Å². The molecule has 1 unspecified atom stereocenters. The SMILES string of the molecule is CCCOC(=O)C1=C(C)NC(=O)NC1c1cc([N+](=O)[O-])cc(OC)c1O. The minimum absolute atomic E-state index is 0.0379. The fourth-order valence-corrected chi connectivity index (χ4v) is 2.57. The van der Waals surface area contributed by atoms with E-state index in [1.165, 1.54) is 14.0 Å². The highest BCUT2D eigenvalue weighted by Crippen LogP contribution is 2.41. The van der Waals surface area contributed by atoms with Crippen LogP contribution in [0.25, 0.3) is 0 Å². The van der Waals surface area contributed by atoms with Crippen molar-refractivity contribution in [2.45, 2.75) is 26.3 Å². The van der Waals surface area contributed by atoms with Crippen LogP contribution in [-0.4, -0.2) is 35.7 Å². The fraction of sp³-hybridized carbons (Fsp3) is 0.375. The Labute approximate surface area is 148 Å².